The zero-order valence-electron chi connectivity index (χ0n) is 15.3. The van der Waals surface area contributed by atoms with Crippen LogP contribution in [-0.2, 0) is 14.8 Å². The highest BCUT2D eigenvalue weighted by molar-refractivity contribution is 8.01. The Morgan fingerprint density at radius 2 is 1.93 bits per heavy atom. The van der Waals surface area contributed by atoms with Gasteiger partial charge in [-0.2, -0.15) is 0 Å². The molecule has 0 aliphatic rings. The van der Waals surface area contributed by atoms with Gasteiger partial charge >= 0.3 is 0 Å². The van der Waals surface area contributed by atoms with Crippen LogP contribution in [0.1, 0.15) is 27.2 Å². The minimum Gasteiger partial charge on any atom is -0.299 e. The van der Waals surface area contributed by atoms with Crippen LogP contribution in [-0.4, -0.2) is 42.1 Å². The topological polar surface area (TPSA) is 92.3 Å². The summed E-state index contributed by atoms with van der Waals surface area (Å²) in [6.07, 6.45) is 1.23. The predicted octanol–water partition coefficient (Wildman–Crippen LogP) is 3.36. The maximum absolute atomic E-state index is 13.2. The van der Waals surface area contributed by atoms with Gasteiger partial charge in [0, 0.05) is 5.25 Å². The molecule has 1 unspecified atom stereocenters. The van der Waals surface area contributed by atoms with Gasteiger partial charge in [-0.1, -0.05) is 43.9 Å². The van der Waals surface area contributed by atoms with Crippen molar-refractivity contribution < 1.29 is 17.6 Å². The standard InChI is InChI=1S/C16H21FN4O3S3/c1-5-13(14(22)18-15-19-20-16(26-15)25-10(2)3)21(27(4,23)24)12-8-6-11(17)7-9-12/h6-10,13H,5H2,1-4H3,(H,18,19,22). The van der Waals surface area contributed by atoms with E-state index in [1.165, 1.54) is 35.2 Å². The second kappa shape index (κ2) is 8.98. The van der Waals surface area contributed by atoms with E-state index in [-0.39, 0.29) is 12.1 Å². The van der Waals surface area contributed by atoms with Gasteiger partial charge in [0.25, 0.3) is 0 Å². The Morgan fingerprint density at radius 3 is 2.44 bits per heavy atom. The normalized spacial score (nSPS) is 12.8. The third kappa shape index (κ3) is 5.88. The molecule has 0 aliphatic carbocycles. The number of carbonyl (C=O) groups excluding carboxylic acids is 1. The van der Waals surface area contributed by atoms with E-state index in [0.717, 1.165) is 22.7 Å². The Kier molecular flexibility index (Phi) is 7.18. The Bertz CT molecular complexity index is 885. The molecule has 0 spiro atoms. The van der Waals surface area contributed by atoms with Crippen molar-refractivity contribution in [2.75, 3.05) is 15.9 Å². The van der Waals surface area contributed by atoms with Crippen molar-refractivity contribution in [1.82, 2.24) is 10.2 Å². The molecule has 0 saturated heterocycles. The van der Waals surface area contributed by atoms with E-state index in [1.54, 1.807) is 6.92 Å². The second-order valence-corrected chi connectivity index (χ2v) is 10.6. The zero-order valence-corrected chi connectivity index (χ0v) is 17.8. The number of rotatable bonds is 8. The number of nitrogens with zero attached hydrogens (tertiary/aromatic N) is 3. The van der Waals surface area contributed by atoms with Gasteiger partial charge in [-0.3, -0.25) is 14.4 Å². The van der Waals surface area contributed by atoms with E-state index in [0.29, 0.717) is 14.7 Å². The molecule has 0 bridgehead atoms. The van der Waals surface area contributed by atoms with Crippen LogP contribution >= 0.6 is 23.1 Å². The first kappa shape index (κ1) is 21.6. The molecule has 11 heteroatoms. The molecule has 2 rings (SSSR count). The molecule has 7 nitrogen and oxygen atoms in total. The van der Waals surface area contributed by atoms with E-state index in [9.17, 15) is 17.6 Å². The molecule has 0 fully saturated rings. The first-order chi connectivity index (χ1) is 12.6. The van der Waals surface area contributed by atoms with Crippen LogP contribution < -0.4 is 9.62 Å². The first-order valence-electron chi connectivity index (χ1n) is 8.17. The summed E-state index contributed by atoms with van der Waals surface area (Å²) >= 11 is 2.75. The van der Waals surface area contributed by atoms with Crippen LogP contribution in [0.15, 0.2) is 28.6 Å². The summed E-state index contributed by atoms with van der Waals surface area (Å²) in [5, 5.41) is 11.2. The molecule has 1 N–H and O–H groups in total. The van der Waals surface area contributed by atoms with Gasteiger partial charge < -0.3 is 0 Å². The summed E-state index contributed by atoms with van der Waals surface area (Å²) in [5.41, 5.74) is 0.217. The highest BCUT2D eigenvalue weighted by Gasteiger charge is 2.32. The van der Waals surface area contributed by atoms with Crippen molar-refractivity contribution in [3.05, 3.63) is 30.1 Å². The average Bonchev–Trinajstić information content (AvgIpc) is 2.98. The van der Waals surface area contributed by atoms with Crippen molar-refractivity contribution >= 4 is 49.8 Å². The third-order valence-corrected chi connectivity index (χ3v) is 6.49. The molecule has 0 saturated carbocycles. The number of thioether (sulfide) groups is 1. The van der Waals surface area contributed by atoms with Crippen LogP contribution in [0.5, 0.6) is 0 Å². The largest absolute Gasteiger partial charge is 0.299 e. The average molecular weight is 433 g/mol. The number of anilines is 2. The lowest BCUT2D eigenvalue weighted by molar-refractivity contribution is -0.117. The van der Waals surface area contributed by atoms with Crippen molar-refractivity contribution in [2.45, 2.75) is 42.8 Å². The number of aromatic nitrogens is 2. The lowest BCUT2D eigenvalue weighted by atomic mass is 10.2. The number of nitrogens with one attached hydrogen (secondary N) is 1. The van der Waals surface area contributed by atoms with Crippen LogP contribution in [0.2, 0.25) is 0 Å². The van der Waals surface area contributed by atoms with Crippen LogP contribution in [0.4, 0.5) is 15.2 Å². The number of hydrogen-bond acceptors (Lipinski definition) is 7. The number of benzene rings is 1. The van der Waals surface area contributed by atoms with Gasteiger partial charge in [0.15, 0.2) is 4.34 Å². The molecule has 2 aromatic rings. The van der Waals surface area contributed by atoms with Crippen molar-refractivity contribution in [1.29, 1.82) is 0 Å². The van der Waals surface area contributed by atoms with E-state index < -0.39 is 27.8 Å². The number of amides is 1. The fraction of sp³-hybridized carbons (Fsp3) is 0.438. The maximum Gasteiger partial charge on any atom is 0.250 e. The predicted molar refractivity (Wildman–Crippen MR) is 107 cm³/mol. The number of halogens is 1. The van der Waals surface area contributed by atoms with E-state index >= 15 is 0 Å². The summed E-state index contributed by atoms with van der Waals surface area (Å²) in [6, 6.07) is 3.95. The molecule has 1 aromatic carbocycles. The van der Waals surface area contributed by atoms with Crippen molar-refractivity contribution in [3.63, 3.8) is 0 Å². The van der Waals surface area contributed by atoms with E-state index in [4.69, 9.17) is 0 Å². The molecule has 1 heterocycles. The Hall–Kier alpha value is -1.72. The smallest absolute Gasteiger partial charge is 0.250 e. The minimum absolute atomic E-state index is 0.217. The quantitative estimate of drug-likeness (QED) is 0.508. The maximum atomic E-state index is 13.2. The minimum atomic E-state index is -3.78. The fourth-order valence-corrected chi connectivity index (χ4v) is 5.54. The Morgan fingerprint density at radius 1 is 1.30 bits per heavy atom. The lowest BCUT2D eigenvalue weighted by Gasteiger charge is -2.29. The molecule has 0 radical (unpaired) electrons. The van der Waals surface area contributed by atoms with Gasteiger partial charge in [-0.25, -0.2) is 12.8 Å². The van der Waals surface area contributed by atoms with Crippen molar-refractivity contribution in [2.24, 2.45) is 0 Å². The number of carbonyl (C=O) groups is 1. The van der Waals surface area contributed by atoms with Gasteiger partial charge in [0.2, 0.25) is 21.1 Å². The first-order valence-corrected chi connectivity index (χ1v) is 11.7. The molecular formula is C16H21FN4O3S3. The molecule has 0 aliphatic heterocycles. The van der Waals surface area contributed by atoms with Crippen LogP contribution in [0, 0.1) is 5.82 Å². The van der Waals surface area contributed by atoms with Crippen molar-refractivity contribution in [3.8, 4) is 0 Å². The van der Waals surface area contributed by atoms with Gasteiger partial charge in [-0.15, -0.1) is 10.2 Å². The molecule has 148 valence electrons. The highest BCUT2D eigenvalue weighted by Crippen LogP contribution is 2.29. The van der Waals surface area contributed by atoms with E-state index in [1.807, 2.05) is 13.8 Å². The highest BCUT2D eigenvalue weighted by atomic mass is 32.2. The zero-order chi connectivity index (χ0) is 20.2. The SMILES string of the molecule is CCC(C(=O)Nc1nnc(SC(C)C)s1)N(c1ccc(F)cc1)S(C)(=O)=O. The number of sulfonamides is 1. The van der Waals surface area contributed by atoms with Gasteiger partial charge in [0.05, 0.1) is 11.9 Å². The molecular weight excluding hydrogens is 411 g/mol. The fourth-order valence-electron chi connectivity index (χ4n) is 2.35. The summed E-state index contributed by atoms with van der Waals surface area (Å²) in [7, 11) is -3.78. The summed E-state index contributed by atoms with van der Waals surface area (Å²) < 4.78 is 39.6. The monoisotopic (exact) mass is 432 g/mol. The summed E-state index contributed by atoms with van der Waals surface area (Å²) in [6.45, 7) is 5.74. The molecule has 1 aromatic heterocycles. The van der Waals surface area contributed by atoms with Crippen LogP contribution in [0.3, 0.4) is 0 Å². The third-order valence-electron chi connectivity index (χ3n) is 3.38. The molecule has 1 atom stereocenters. The Balaban J connectivity index is 2.26. The second-order valence-electron chi connectivity index (χ2n) is 5.99. The Labute approximate surface area is 166 Å². The summed E-state index contributed by atoms with van der Waals surface area (Å²) in [4.78, 5) is 12.7. The molecule has 1 amide bonds. The van der Waals surface area contributed by atoms with E-state index in [2.05, 4.69) is 15.5 Å². The molecule has 27 heavy (non-hydrogen) atoms. The summed E-state index contributed by atoms with van der Waals surface area (Å²) in [5.74, 6) is -1.02. The number of hydrogen-bond donors (Lipinski definition) is 1. The van der Waals surface area contributed by atoms with Crippen LogP contribution in [0.25, 0.3) is 0 Å². The van der Waals surface area contributed by atoms with Gasteiger partial charge in [0.1, 0.15) is 11.9 Å². The lowest BCUT2D eigenvalue weighted by Crippen LogP contribution is -2.47. The van der Waals surface area contributed by atoms with Gasteiger partial charge in [-0.05, 0) is 30.7 Å².